The second kappa shape index (κ2) is 4.89. The normalized spacial score (nSPS) is 20.6. The SMILES string of the molecule is FC(F)(c1ccc2ccccc2c1)C1CCCNC1. The molecular weight excluding hydrogens is 244 g/mol. The van der Waals surface area contributed by atoms with Crippen molar-refractivity contribution in [3.63, 3.8) is 0 Å². The minimum atomic E-state index is -2.75. The van der Waals surface area contributed by atoms with Gasteiger partial charge in [0.1, 0.15) is 0 Å². The zero-order valence-corrected chi connectivity index (χ0v) is 10.7. The van der Waals surface area contributed by atoms with E-state index >= 15 is 0 Å². The van der Waals surface area contributed by atoms with Gasteiger partial charge in [-0.05, 0) is 36.2 Å². The van der Waals surface area contributed by atoms with Crippen LogP contribution in [0, 0.1) is 5.92 Å². The van der Waals surface area contributed by atoms with Crippen molar-refractivity contribution < 1.29 is 8.78 Å². The Balaban J connectivity index is 1.97. The van der Waals surface area contributed by atoms with Crippen molar-refractivity contribution in [3.05, 3.63) is 48.0 Å². The molecule has 100 valence electrons. The van der Waals surface area contributed by atoms with E-state index in [0.717, 1.165) is 23.7 Å². The highest BCUT2D eigenvalue weighted by Gasteiger charge is 2.41. The predicted molar refractivity (Wildman–Crippen MR) is 73.4 cm³/mol. The minimum Gasteiger partial charge on any atom is -0.316 e. The van der Waals surface area contributed by atoms with Gasteiger partial charge in [-0.3, -0.25) is 0 Å². The summed E-state index contributed by atoms with van der Waals surface area (Å²) < 4.78 is 29.1. The highest BCUT2D eigenvalue weighted by molar-refractivity contribution is 5.83. The zero-order chi connectivity index (χ0) is 13.3. The largest absolute Gasteiger partial charge is 0.316 e. The van der Waals surface area contributed by atoms with Gasteiger partial charge in [-0.2, -0.15) is 0 Å². The summed E-state index contributed by atoms with van der Waals surface area (Å²) in [6.45, 7) is 1.25. The molecule has 1 heterocycles. The van der Waals surface area contributed by atoms with Crippen molar-refractivity contribution in [3.8, 4) is 0 Å². The standard InChI is InChI=1S/C16H17F2N/c17-16(18,15-6-3-9-19-11-15)14-8-7-12-4-1-2-5-13(12)10-14/h1-2,4-5,7-8,10,15,19H,3,6,9,11H2. The van der Waals surface area contributed by atoms with Crippen LogP contribution >= 0.6 is 0 Å². The summed E-state index contributed by atoms with van der Waals surface area (Å²) in [6, 6.07) is 12.6. The molecule has 1 unspecified atom stereocenters. The third kappa shape index (κ3) is 2.35. The minimum absolute atomic E-state index is 0.139. The van der Waals surface area contributed by atoms with Gasteiger partial charge in [0, 0.05) is 18.0 Å². The molecule has 1 aliphatic heterocycles. The highest BCUT2D eigenvalue weighted by atomic mass is 19.3. The average Bonchev–Trinajstić information content (AvgIpc) is 2.47. The van der Waals surface area contributed by atoms with Gasteiger partial charge in [-0.15, -0.1) is 0 Å². The number of halogens is 2. The molecule has 0 radical (unpaired) electrons. The van der Waals surface area contributed by atoms with Crippen LogP contribution < -0.4 is 5.32 Å². The molecular formula is C16H17F2N. The van der Waals surface area contributed by atoms with Gasteiger partial charge in [0.2, 0.25) is 0 Å². The van der Waals surface area contributed by atoms with Crippen LogP contribution in [0.15, 0.2) is 42.5 Å². The van der Waals surface area contributed by atoms with E-state index in [-0.39, 0.29) is 5.56 Å². The highest BCUT2D eigenvalue weighted by Crippen LogP contribution is 2.40. The number of benzene rings is 2. The summed E-state index contributed by atoms with van der Waals surface area (Å²) in [6.07, 6.45) is 1.42. The van der Waals surface area contributed by atoms with Crippen LogP contribution in [0.2, 0.25) is 0 Å². The second-order valence-corrected chi connectivity index (χ2v) is 5.23. The lowest BCUT2D eigenvalue weighted by Crippen LogP contribution is -2.39. The van der Waals surface area contributed by atoms with E-state index in [1.54, 1.807) is 18.2 Å². The van der Waals surface area contributed by atoms with Crippen LogP contribution in [0.25, 0.3) is 10.8 Å². The third-order valence-electron chi connectivity index (χ3n) is 3.94. The Kier molecular flexibility index (Phi) is 3.23. The molecule has 19 heavy (non-hydrogen) atoms. The molecule has 1 atom stereocenters. The molecule has 3 rings (SSSR count). The molecule has 1 nitrogen and oxygen atoms in total. The average molecular weight is 261 g/mol. The first kappa shape index (κ1) is 12.5. The van der Waals surface area contributed by atoms with E-state index in [1.165, 1.54) is 0 Å². The first-order valence-corrected chi connectivity index (χ1v) is 6.76. The number of hydrogen-bond donors (Lipinski definition) is 1. The molecule has 1 fully saturated rings. The van der Waals surface area contributed by atoms with E-state index in [2.05, 4.69) is 5.32 Å². The molecule has 3 heteroatoms. The fraction of sp³-hybridized carbons (Fsp3) is 0.375. The summed E-state index contributed by atoms with van der Waals surface area (Å²) in [5.41, 5.74) is 0.139. The molecule has 0 amide bonds. The Morgan fingerprint density at radius 1 is 1.05 bits per heavy atom. The number of nitrogens with one attached hydrogen (secondary N) is 1. The Morgan fingerprint density at radius 3 is 2.58 bits per heavy atom. The third-order valence-corrected chi connectivity index (χ3v) is 3.94. The summed E-state index contributed by atoms with van der Waals surface area (Å²) in [4.78, 5) is 0. The van der Waals surface area contributed by atoms with Crippen molar-refractivity contribution in [2.45, 2.75) is 18.8 Å². The van der Waals surface area contributed by atoms with Gasteiger partial charge in [0.15, 0.2) is 0 Å². The first-order chi connectivity index (χ1) is 9.18. The summed E-state index contributed by atoms with van der Waals surface area (Å²) in [5, 5.41) is 4.95. The lowest BCUT2D eigenvalue weighted by molar-refractivity contribution is -0.0723. The Hall–Kier alpha value is -1.48. The molecule has 1 aliphatic rings. The van der Waals surface area contributed by atoms with Crippen LogP contribution in [0.1, 0.15) is 18.4 Å². The van der Waals surface area contributed by atoms with E-state index in [1.807, 2.05) is 24.3 Å². The van der Waals surface area contributed by atoms with Crippen molar-refractivity contribution in [2.75, 3.05) is 13.1 Å². The van der Waals surface area contributed by atoms with Gasteiger partial charge >= 0.3 is 0 Å². The van der Waals surface area contributed by atoms with Gasteiger partial charge in [0.25, 0.3) is 5.92 Å². The van der Waals surface area contributed by atoms with Crippen molar-refractivity contribution in [1.82, 2.24) is 5.32 Å². The first-order valence-electron chi connectivity index (χ1n) is 6.76. The summed E-state index contributed by atoms with van der Waals surface area (Å²) in [5.74, 6) is -3.35. The van der Waals surface area contributed by atoms with Crippen LogP contribution in [0.5, 0.6) is 0 Å². The summed E-state index contributed by atoms with van der Waals surface area (Å²) >= 11 is 0. The Labute approximate surface area is 111 Å². The maximum Gasteiger partial charge on any atom is 0.277 e. The smallest absolute Gasteiger partial charge is 0.277 e. The van der Waals surface area contributed by atoms with E-state index in [9.17, 15) is 8.78 Å². The van der Waals surface area contributed by atoms with Crippen LogP contribution in [0.4, 0.5) is 8.78 Å². The topological polar surface area (TPSA) is 12.0 Å². The Morgan fingerprint density at radius 2 is 1.84 bits per heavy atom. The summed E-state index contributed by atoms with van der Waals surface area (Å²) in [7, 11) is 0. The van der Waals surface area contributed by atoms with Crippen molar-refractivity contribution in [2.24, 2.45) is 5.92 Å². The van der Waals surface area contributed by atoms with E-state index < -0.39 is 11.8 Å². The fourth-order valence-electron chi connectivity index (χ4n) is 2.79. The van der Waals surface area contributed by atoms with Gasteiger partial charge < -0.3 is 5.32 Å². The lowest BCUT2D eigenvalue weighted by atomic mass is 9.87. The van der Waals surface area contributed by atoms with Crippen LogP contribution in [-0.4, -0.2) is 13.1 Å². The number of fused-ring (bicyclic) bond motifs is 1. The van der Waals surface area contributed by atoms with Gasteiger partial charge in [-0.1, -0.05) is 36.4 Å². The molecule has 1 saturated heterocycles. The zero-order valence-electron chi connectivity index (χ0n) is 10.7. The van der Waals surface area contributed by atoms with Crippen LogP contribution in [0.3, 0.4) is 0 Å². The molecule has 1 N–H and O–H groups in total. The van der Waals surface area contributed by atoms with Gasteiger partial charge in [0.05, 0.1) is 0 Å². The molecule has 0 aliphatic carbocycles. The number of rotatable bonds is 2. The quantitative estimate of drug-likeness (QED) is 0.863. The molecule has 0 saturated carbocycles. The van der Waals surface area contributed by atoms with Crippen molar-refractivity contribution >= 4 is 10.8 Å². The molecule has 0 spiro atoms. The fourth-order valence-corrected chi connectivity index (χ4v) is 2.79. The maximum atomic E-state index is 14.5. The van der Waals surface area contributed by atoms with Crippen LogP contribution in [-0.2, 0) is 5.92 Å². The monoisotopic (exact) mass is 261 g/mol. The molecule has 0 aromatic heterocycles. The predicted octanol–water partition coefficient (Wildman–Crippen LogP) is 3.93. The Bertz CT molecular complexity index is 574. The van der Waals surface area contributed by atoms with E-state index in [0.29, 0.717) is 13.0 Å². The number of piperidine rings is 1. The molecule has 2 aromatic rings. The maximum absolute atomic E-state index is 14.5. The van der Waals surface area contributed by atoms with Gasteiger partial charge in [-0.25, -0.2) is 8.78 Å². The molecule has 2 aromatic carbocycles. The van der Waals surface area contributed by atoms with Crippen molar-refractivity contribution in [1.29, 1.82) is 0 Å². The number of hydrogen-bond acceptors (Lipinski definition) is 1. The molecule has 0 bridgehead atoms. The van der Waals surface area contributed by atoms with E-state index in [4.69, 9.17) is 0 Å². The second-order valence-electron chi connectivity index (χ2n) is 5.23. The number of alkyl halides is 2. The lowest BCUT2D eigenvalue weighted by Gasteiger charge is -2.31.